The highest BCUT2D eigenvalue weighted by atomic mass is 16.4. The van der Waals surface area contributed by atoms with Crippen molar-refractivity contribution in [2.75, 3.05) is 13.1 Å². The van der Waals surface area contributed by atoms with Crippen LogP contribution in [0, 0.1) is 0 Å². The zero-order valence-electron chi connectivity index (χ0n) is 11.9. The van der Waals surface area contributed by atoms with Crippen molar-refractivity contribution in [3.8, 4) is 5.75 Å². The summed E-state index contributed by atoms with van der Waals surface area (Å²) in [4.78, 5) is 13.6. The molecule has 1 aromatic heterocycles. The van der Waals surface area contributed by atoms with E-state index in [1.165, 1.54) is 11.6 Å². The van der Waals surface area contributed by atoms with Gasteiger partial charge >= 0.3 is 0 Å². The molecule has 1 heterocycles. The smallest absolute Gasteiger partial charge is 0.226 e. The fourth-order valence-electron chi connectivity index (χ4n) is 2.12. The average Bonchev–Trinajstić information content (AvgIpc) is 2.49. The topological polar surface area (TPSA) is 79.7 Å². The Labute approximate surface area is 123 Å². The van der Waals surface area contributed by atoms with Crippen molar-refractivity contribution in [3.63, 3.8) is 0 Å². The molecule has 0 saturated heterocycles. The van der Waals surface area contributed by atoms with E-state index in [0.29, 0.717) is 18.8 Å². The normalized spacial score (nSPS) is 11.0. The zero-order chi connectivity index (χ0) is 15.1. The summed E-state index contributed by atoms with van der Waals surface area (Å²) in [5, 5.41) is 9.22. The van der Waals surface area contributed by atoms with E-state index < -0.39 is 5.43 Å². The van der Waals surface area contributed by atoms with Crippen molar-refractivity contribution < 1.29 is 9.52 Å². The Morgan fingerprint density at radius 2 is 1.95 bits per heavy atom. The van der Waals surface area contributed by atoms with Gasteiger partial charge in [-0.25, -0.2) is 0 Å². The van der Waals surface area contributed by atoms with E-state index in [4.69, 9.17) is 10.2 Å². The molecule has 3 N–H and O–H groups in total. The number of nitrogens with zero attached hydrogens (tertiary/aromatic N) is 1. The van der Waals surface area contributed by atoms with Crippen LogP contribution in [-0.4, -0.2) is 23.1 Å². The van der Waals surface area contributed by atoms with E-state index in [1.807, 2.05) is 18.2 Å². The van der Waals surface area contributed by atoms with Crippen LogP contribution in [0.4, 0.5) is 0 Å². The predicted molar refractivity (Wildman–Crippen MR) is 80.9 cm³/mol. The van der Waals surface area contributed by atoms with Gasteiger partial charge in [-0.2, -0.15) is 0 Å². The highest BCUT2D eigenvalue weighted by Crippen LogP contribution is 2.11. The lowest BCUT2D eigenvalue weighted by Gasteiger charge is -2.21. The molecule has 0 unspecified atom stereocenters. The first-order chi connectivity index (χ1) is 10.2. The second-order valence-electron chi connectivity index (χ2n) is 4.93. The van der Waals surface area contributed by atoms with Gasteiger partial charge in [-0.1, -0.05) is 30.3 Å². The van der Waals surface area contributed by atoms with Gasteiger partial charge in [-0.15, -0.1) is 0 Å². The van der Waals surface area contributed by atoms with Crippen LogP contribution in [0.2, 0.25) is 0 Å². The van der Waals surface area contributed by atoms with Gasteiger partial charge in [-0.3, -0.25) is 9.69 Å². The second-order valence-corrected chi connectivity index (χ2v) is 4.93. The largest absolute Gasteiger partial charge is 0.502 e. The van der Waals surface area contributed by atoms with E-state index >= 15 is 0 Å². The Hall–Kier alpha value is -2.11. The molecule has 0 aliphatic heterocycles. The molecule has 0 aliphatic rings. The molecule has 21 heavy (non-hydrogen) atoms. The van der Waals surface area contributed by atoms with Crippen LogP contribution in [0.1, 0.15) is 17.7 Å². The third kappa shape index (κ3) is 4.73. The summed E-state index contributed by atoms with van der Waals surface area (Å²) < 4.78 is 5.26. The molecule has 0 aliphatic carbocycles. The van der Waals surface area contributed by atoms with Crippen molar-refractivity contribution in [2.45, 2.75) is 19.5 Å². The van der Waals surface area contributed by atoms with Crippen LogP contribution in [0.25, 0.3) is 0 Å². The maximum Gasteiger partial charge on any atom is 0.226 e. The molecule has 0 spiro atoms. The van der Waals surface area contributed by atoms with E-state index in [-0.39, 0.29) is 5.75 Å². The Kier molecular flexibility index (Phi) is 5.54. The molecule has 5 nitrogen and oxygen atoms in total. The number of nitrogens with two attached hydrogens (primary N) is 1. The molecule has 0 saturated carbocycles. The molecule has 0 amide bonds. The van der Waals surface area contributed by atoms with Gasteiger partial charge < -0.3 is 15.3 Å². The van der Waals surface area contributed by atoms with Crippen LogP contribution >= 0.6 is 0 Å². The molecule has 112 valence electrons. The maximum atomic E-state index is 11.4. The van der Waals surface area contributed by atoms with Gasteiger partial charge in [-0.05, 0) is 18.5 Å². The van der Waals surface area contributed by atoms with Crippen LogP contribution in [0.3, 0.4) is 0 Å². The van der Waals surface area contributed by atoms with E-state index in [2.05, 4.69) is 17.0 Å². The Bertz CT molecular complexity index is 610. The quantitative estimate of drug-likeness (QED) is 0.810. The summed E-state index contributed by atoms with van der Waals surface area (Å²) in [5.74, 6) is 0.168. The standard InChI is InChI=1S/C16H20N2O3/c17-7-4-8-18(10-13-5-2-1-3-6-13)11-14-9-15(19)16(20)12-21-14/h1-3,5-6,9,12,20H,4,7-8,10-11,17H2. The molecule has 0 atom stereocenters. The van der Waals surface area contributed by atoms with E-state index in [1.54, 1.807) is 0 Å². The summed E-state index contributed by atoms with van der Waals surface area (Å²) in [6.45, 7) is 2.69. The van der Waals surface area contributed by atoms with Crippen molar-refractivity contribution in [1.82, 2.24) is 4.90 Å². The molecular formula is C16H20N2O3. The van der Waals surface area contributed by atoms with Gasteiger partial charge in [0.1, 0.15) is 12.0 Å². The number of hydrogen-bond acceptors (Lipinski definition) is 5. The summed E-state index contributed by atoms with van der Waals surface area (Å²) in [6, 6.07) is 11.4. The molecule has 1 aromatic carbocycles. The minimum atomic E-state index is -0.422. The highest BCUT2D eigenvalue weighted by Gasteiger charge is 2.10. The fourth-order valence-corrected chi connectivity index (χ4v) is 2.12. The summed E-state index contributed by atoms with van der Waals surface area (Å²) in [6.07, 6.45) is 1.95. The first-order valence-electron chi connectivity index (χ1n) is 6.96. The average molecular weight is 288 g/mol. The van der Waals surface area contributed by atoms with E-state index in [0.717, 1.165) is 25.8 Å². The lowest BCUT2D eigenvalue weighted by atomic mass is 10.2. The number of rotatable bonds is 7. The maximum absolute atomic E-state index is 11.4. The van der Waals surface area contributed by atoms with E-state index in [9.17, 15) is 9.90 Å². The van der Waals surface area contributed by atoms with Gasteiger partial charge in [0.15, 0.2) is 5.75 Å². The molecule has 0 fully saturated rings. The SMILES string of the molecule is NCCCN(Cc1ccccc1)Cc1cc(=O)c(O)co1. The van der Waals surface area contributed by atoms with Crippen LogP contribution in [0.15, 0.2) is 51.9 Å². The molecule has 5 heteroatoms. The van der Waals surface area contributed by atoms with Gasteiger partial charge in [0, 0.05) is 19.2 Å². The zero-order valence-corrected chi connectivity index (χ0v) is 11.9. The number of hydrogen-bond donors (Lipinski definition) is 2. The Morgan fingerprint density at radius 3 is 2.62 bits per heavy atom. The fraction of sp³-hybridized carbons (Fsp3) is 0.312. The first kappa shape index (κ1) is 15.3. The monoisotopic (exact) mass is 288 g/mol. The molecule has 0 radical (unpaired) electrons. The van der Waals surface area contributed by atoms with Gasteiger partial charge in [0.05, 0.1) is 6.54 Å². The molecule has 0 bridgehead atoms. The second kappa shape index (κ2) is 7.61. The van der Waals surface area contributed by atoms with Crippen molar-refractivity contribution in [3.05, 3.63) is 64.2 Å². The lowest BCUT2D eigenvalue weighted by molar-refractivity contribution is 0.230. The minimum absolute atomic E-state index is 0.365. The van der Waals surface area contributed by atoms with Crippen molar-refractivity contribution in [1.29, 1.82) is 0 Å². The Balaban J connectivity index is 2.08. The van der Waals surface area contributed by atoms with Crippen molar-refractivity contribution in [2.24, 2.45) is 5.73 Å². The van der Waals surface area contributed by atoms with Crippen molar-refractivity contribution >= 4 is 0 Å². The minimum Gasteiger partial charge on any atom is -0.502 e. The Morgan fingerprint density at radius 1 is 1.19 bits per heavy atom. The van der Waals surface area contributed by atoms with Gasteiger partial charge in [0.25, 0.3) is 0 Å². The highest BCUT2D eigenvalue weighted by molar-refractivity contribution is 5.16. The van der Waals surface area contributed by atoms with Gasteiger partial charge in [0.2, 0.25) is 5.43 Å². The van der Waals surface area contributed by atoms with Crippen LogP contribution in [-0.2, 0) is 13.1 Å². The molecule has 2 aromatic rings. The van der Waals surface area contributed by atoms with Crippen LogP contribution in [0.5, 0.6) is 5.75 Å². The predicted octanol–water partition coefficient (Wildman–Crippen LogP) is 1.70. The third-order valence-corrected chi connectivity index (χ3v) is 3.17. The number of aromatic hydroxyl groups is 1. The lowest BCUT2D eigenvalue weighted by Crippen LogP contribution is -2.26. The number of benzene rings is 1. The summed E-state index contributed by atoms with van der Waals surface area (Å²) in [7, 11) is 0. The third-order valence-electron chi connectivity index (χ3n) is 3.17. The summed E-state index contributed by atoms with van der Waals surface area (Å²) >= 11 is 0. The van der Waals surface area contributed by atoms with Crippen LogP contribution < -0.4 is 11.2 Å². The summed E-state index contributed by atoms with van der Waals surface area (Å²) in [5.41, 5.74) is 6.34. The molecular weight excluding hydrogens is 268 g/mol. The molecule has 2 rings (SSSR count). The first-order valence-corrected chi connectivity index (χ1v) is 6.96.